The van der Waals surface area contributed by atoms with E-state index in [1.54, 1.807) is 12.1 Å². The molecule has 2 saturated heterocycles. The largest absolute Gasteiger partial charge is 0.381 e. The zero-order chi connectivity index (χ0) is 21.5. The van der Waals surface area contributed by atoms with E-state index in [-0.39, 0.29) is 6.10 Å². The average Bonchev–Trinajstić information content (AvgIpc) is 3.29. The smallest absolute Gasteiger partial charge is 0.228 e. The first-order chi connectivity index (χ1) is 15.0. The molecule has 0 saturated carbocycles. The van der Waals surface area contributed by atoms with Crippen LogP contribution in [-0.4, -0.2) is 59.0 Å². The number of fused-ring (bicyclic) bond motifs is 1. The normalized spacial score (nSPS) is 21.7. The predicted molar refractivity (Wildman–Crippen MR) is 116 cm³/mol. The van der Waals surface area contributed by atoms with E-state index in [4.69, 9.17) is 31.0 Å². The first-order valence-corrected chi connectivity index (χ1v) is 10.8. The lowest BCUT2D eigenvalue weighted by Gasteiger charge is -2.35. The van der Waals surface area contributed by atoms with Crippen LogP contribution in [0.5, 0.6) is 0 Å². The van der Waals surface area contributed by atoms with Crippen LogP contribution in [0.2, 0.25) is 5.02 Å². The van der Waals surface area contributed by atoms with E-state index in [1.165, 1.54) is 6.07 Å². The Balaban J connectivity index is 1.61. The van der Waals surface area contributed by atoms with Gasteiger partial charge in [-0.05, 0) is 38.5 Å². The molecule has 2 atom stereocenters. The fourth-order valence-corrected chi connectivity index (χ4v) is 4.26. The van der Waals surface area contributed by atoms with Crippen LogP contribution in [0.1, 0.15) is 17.8 Å². The Labute approximate surface area is 184 Å². The van der Waals surface area contributed by atoms with E-state index in [2.05, 4.69) is 14.9 Å². The molecular weight excluding hydrogens is 421 g/mol. The van der Waals surface area contributed by atoms with E-state index in [9.17, 15) is 4.39 Å². The lowest BCUT2D eigenvalue weighted by molar-refractivity contribution is -0.00167. The third-order valence-corrected chi connectivity index (χ3v) is 6.22. The molecule has 2 aliphatic rings. The van der Waals surface area contributed by atoms with Gasteiger partial charge in [0.1, 0.15) is 17.0 Å². The molecule has 162 valence electrons. The number of benzene rings is 1. The Morgan fingerprint density at radius 3 is 2.71 bits per heavy atom. The fraction of sp³-hybridized carbons (Fsp3) is 0.455. The molecule has 2 aromatic heterocycles. The summed E-state index contributed by atoms with van der Waals surface area (Å²) in [6, 6.07) is 4.55. The minimum Gasteiger partial charge on any atom is -0.381 e. The predicted octanol–water partition coefficient (Wildman–Crippen LogP) is 3.74. The second kappa shape index (κ2) is 8.26. The highest BCUT2D eigenvalue weighted by atomic mass is 35.5. The van der Waals surface area contributed by atoms with Crippen LogP contribution < -0.4 is 4.90 Å². The highest BCUT2D eigenvalue weighted by molar-refractivity contribution is 6.30. The van der Waals surface area contributed by atoms with Gasteiger partial charge < -0.3 is 14.4 Å². The van der Waals surface area contributed by atoms with Gasteiger partial charge in [-0.2, -0.15) is 4.98 Å². The summed E-state index contributed by atoms with van der Waals surface area (Å²) >= 11 is 5.97. The number of nitrogens with zero attached hydrogens (tertiary/aromatic N) is 5. The molecule has 0 bridgehead atoms. The number of hydrogen-bond acceptors (Lipinski definition) is 7. The molecule has 7 nitrogen and oxygen atoms in total. The van der Waals surface area contributed by atoms with Crippen molar-refractivity contribution in [2.45, 2.75) is 26.4 Å². The molecule has 4 heterocycles. The van der Waals surface area contributed by atoms with Gasteiger partial charge in [0.25, 0.3) is 0 Å². The Bertz CT molecular complexity index is 1140. The number of halogens is 2. The molecule has 0 aliphatic carbocycles. The molecule has 2 aliphatic heterocycles. The molecule has 0 amide bonds. The van der Waals surface area contributed by atoms with Crippen molar-refractivity contribution in [2.75, 3.05) is 37.8 Å². The Kier molecular flexibility index (Phi) is 5.45. The summed E-state index contributed by atoms with van der Waals surface area (Å²) in [5.74, 6) is 0.407. The summed E-state index contributed by atoms with van der Waals surface area (Å²) in [4.78, 5) is 20.8. The van der Waals surface area contributed by atoms with Gasteiger partial charge in [-0.3, -0.25) is 0 Å². The monoisotopic (exact) mass is 443 g/mol. The van der Waals surface area contributed by atoms with Crippen molar-refractivity contribution in [3.63, 3.8) is 0 Å². The zero-order valence-electron chi connectivity index (χ0n) is 17.4. The second-order valence-corrected chi connectivity index (χ2v) is 8.48. The Morgan fingerprint density at radius 2 is 1.94 bits per heavy atom. The number of anilines is 1. The molecule has 0 spiro atoms. The van der Waals surface area contributed by atoms with Gasteiger partial charge in [0.05, 0.1) is 30.7 Å². The van der Waals surface area contributed by atoms with Crippen molar-refractivity contribution in [1.29, 1.82) is 0 Å². The summed E-state index contributed by atoms with van der Waals surface area (Å²) in [5, 5.41) is 0.327. The van der Waals surface area contributed by atoms with Crippen LogP contribution in [-0.2, 0) is 9.47 Å². The van der Waals surface area contributed by atoms with E-state index in [1.807, 2.05) is 13.8 Å². The third kappa shape index (κ3) is 3.95. The van der Waals surface area contributed by atoms with Crippen molar-refractivity contribution >= 4 is 28.7 Å². The molecule has 3 aromatic rings. The first kappa shape index (κ1) is 20.5. The van der Waals surface area contributed by atoms with Gasteiger partial charge in [0.2, 0.25) is 5.95 Å². The van der Waals surface area contributed by atoms with E-state index in [0.717, 1.165) is 24.4 Å². The molecular formula is C22H23ClFN5O2. The number of hydrogen-bond donors (Lipinski definition) is 0. The van der Waals surface area contributed by atoms with Gasteiger partial charge in [-0.25, -0.2) is 19.3 Å². The molecule has 9 heteroatoms. The van der Waals surface area contributed by atoms with Crippen molar-refractivity contribution in [3.05, 3.63) is 40.4 Å². The van der Waals surface area contributed by atoms with E-state index >= 15 is 0 Å². The minimum absolute atomic E-state index is 0.0529. The van der Waals surface area contributed by atoms with Crippen LogP contribution in [0.3, 0.4) is 0 Å². The number of morpholine rings is 1. The molecule has 31 heavy (non-hydrogen) atoms. The van der Waals surface area contributed by atoms with Crippen molar-refractivity contribution in [1.82, 2.24) is 19.9 Å². The maximum Gasteiger partial charge on any atom is 0.228 e. The fourth-order valence-electron chi connectivity index (χ4n) is 4.10. The van der Waals surface area contributed by atoms with Gasteiger partial charge in [0, 0.05) is 36.2 Å². The zero-order valence-corrected chi connectivity index (χ0v) is 18.2. The van der Waals surface area contributed by atoms with Crippen LogP contribution in [0.4, 0.5) is 10.3 Å². The lowest BCUT2D eigenvalue weighted by Crippen LogP contribution is -2.46. The van der Waals surface area contributed by atoms with Crippen LogP contribution in [0.15, 0.2) is 18.2 Å². The standard InChI is InChI=1S/C22H23ClFN5O2/c1-12-13(2)26-21-20(25-12)19(16-4-3-15(23)9-17(16)24)27-22(28-21)29-6-8-31-18(10-29)14-5-7-30-11-14/h3-4,9,14,18H,5-8,10-11H2,1-2H3. The van der Waals surface area contributed by atoms with E-state index in [0.29, 0.717) is 65.6 Å². The summed E-state index contributed by atoms with van der Waals surface area (Å²) in [7, 11) is 0. The SMILES string of the molecule is Cc1nc2nc(N3CCOC(C4CCOC4)C3)nc(-c3ccc(Cl)cc3F)c2nc1C. The highest BCUT2D eigenvalue weighted by Gasteiger charge is 2.32. The van der Waals surface area contributed by atoms with Gasteiger partial charge in [-0.1, -0.05) is 11.6 Å². The van der Waals surface area contributed by atoms with Crippen LogP contribution in [0, 0.1) is 25.6 Å². The van der Waals surface area contributed by atoms with Crippen LogP contribution >= 0.6 is 11.6 Å². The quantitative estimate of drug-likeness (QED) is 0.610. The number of aromatic nitrogens is 4. The van der Waals surface area contributed by atoms with Crippen LogP contribution in [0.25, 0.3) is 22.4 Å². The number of aryl methyl sites for hydroxylation is 2. The number of rotatable bonds is 3. The molecule has 2 fully saturated rings. The average molecular weight is 444 g/mol. The summed E-state index contributed by atoms with van der Waals surface area (Å²) in [6.07, 6.45) is 1.04. The van der Waals surface area contributed by atoms with Gasteiger partial charge in [-0.15, -0.1) is 0 Å². The van der Waals surface area contributed by atoms with Crippen molar-refractivity contribution in [2.24, 2.45) is 5.92 Å². The van der Waals surface area contributed by atoms with Gasteiger partial charge in [0.15, 0.2) is 5.65 Å². The highest BCUT2D eigenvalue weighted by Crippen LogP contribution is 2.31. The molecule has 1 aromatic carbocycles. The molecule has 2 unspecified atom stereocenters. The van der Waals surface area contributed by atoms with Gasteiger partial charge >= 0.3 is 0 Å². The Morgan fingerprint density at radius 1 is 1.10 bits per heavy atom. The molecule has 0 N–H and O–H groups in total. The first-order valence-electron chi connectivity index (χ1n) is 10.4. The second-order valence-electron chi connectivity index (χ2n) is 8.04. The summed E-state index contributed by atoms with van der Waals surface area (Å²) < 4.78 is 26.4. The summed E-state index contributed by atoms with van der Waals surface area (Å²) in [6.45, 7) is 7.11. The van der Waals surface area contributed by atoms with E-state index < -0.39 is 5.82 Å². The number of ether oxygens (including phenoxy) is 2. The lowest BCUT2D eigenvalue weighted by atomic mass is 10.0. The van der Waals surface area contributed by atoms with Crippen molar-refractivity contribution < 1.29 is 13.9 Å². The third-order valence-electron chi connectivity index (χ3n) is 5.98. The maximum absolute atomic E-state index is 14.8. The van der Waals surface area contributed by atoms with Crippen molar-refractivity contribution in [3.8, 4) is 11.3 Å². The Hall–Kier alpha value is -2.42. The minimum atomic E-state index is -0.457. The topological polar surface area (TPSA) is 73.3 Å². The summed E-state index contributed by atoms with van der Waals surface area (Å²) in [5.41, 5.74) is 3.20. The molecule has 5 rings (SSSR count). The molecule has 0 radical (unpaired) electrons. The maximum atomic E-state index is 14.8.